The van der Waals surface area contributed by atoms with E-state index in [1.54, 1.807) is 6.08 Å². The van der Waals surface area contributed by atoms with Gasteiger partial charge in [0.2, 0.25) is 0 Å². The number of hydrogen-bond donors (Lipinski definition) is 2. The Morgan fingerprint density at radius 1 is 1.41 bits per heavy atom. The van der Waals surface area contributed by atoms with E-state index < -0.39 is 5.97 Å². The monoisotopic (exact) mass is 229 g/mol. The smallest absolute Gasteiger partial charge is 0.328 e. The second-order valence-electron chi connectivity index (χ2n) is 3.45. The number of carboxylic acid groups (broad SMARTS) is 1. The predicted molar refractivity (Wildman–Crippen MR) is 68.5 cm³/mol. The molecule has 88 valence electrons. The van der Waals surface area contributed by atoms with E-state index in [0.717, 1.165) is 30.2 Å². The van der Waals surface area contributed by atoms with Crippen LogP contribution in [0.2, 0.25) is 0 Å². The van der Waals surface area contributed by atoms with Crippen LogP contribution in [0.3, 0.4) is 0 Å². The third-order valence-electron chi connectivity index (χ3n) is 2.06. The van der Waals surface area contributed by atoms with Crippen LogP contribution in [-0.4, -0.2) is 24.7 Å². The van der Waals surface area contributed by atoms with Crippen LogP contribution in [0.1, 0.15) is 17.5 Å². The maximum atomic E-state index is 10.3. The SMILES string of the molecule is CNCCC#Cc1ccc(/C=C/C(=O)O)cc1. The van der Waals surface area contributed by atoms with Gasteiger partial charge in [-0.25, -0.2) is 4.79 Å². The lowest BCUT2D eigenvalue weighted by molar-refractivity contribution is -0.131. The second-order valence-corrected chi connectivity index (χ2v) is 3.45. The van der Waals surface area contributed by atoms with Gasteiger partial charge in [0, 0.05) is 24.6 Å². The largest absolute Gasteiger partial charge is 0.478 e. The lowest BCUT2D eigenvalue weighted by atomic mass is 10.1. The van der Waals surface area contributed by atoms with Gasteiger partial charge in [-0.15, -0.1) is 0 Å². The summed E-state index contributed by atoms with van der Waals surface area (Å²) in [6.45, 7) is 0.881. The van der Waals surface area contributed by atoms with Crippen LogP contribution in [0.25, 0.3) is 6.08 Å². The molecule has 0 unspecified atom stereocenters. The number of rotatable bonds is 4. The van der Waals surface area contributed by atoms with Gasteiger partial charge in [-0.3, -0.25) is 0 Å². The van der Waals surface area contributed by atoms with Crippen molar-refractivity contribution in [2.24, 2.45) is 0 Å². The lowest BCUT2D eigenvalue weighted by Gasteiger charge is -1.93. The highest BCUT2D eigenvalue weighted by Gasteiger charge is 1.90. The summed E-state index contributed by atoms with van der Waals surface area (Å²) in [4.78, 5) is 10.3. The van der Waals surface area contributed by atoms with Crippen LogP contribution in [0.4, 0.5) is 0 Å². The predicted octanol–water partition coefficient (Wildman–Crippen LogP) is 1.75. The summed E-state index contributed by atoms with van der Waals surface area (Å²) in [6.07, 6.45) is 3.49. The van der Waals surface area contributed by atoms with Gasteiger partial charge in [0.1, 0.15) is 0 Å². The maximum Gasteiger partial charge on any atom is 0.328 e. The van der Waals surface area contributed by atoms with Crippen molar-refractivity contribution < 1.29 is 9.90 Å². The number of aliphatic carboxylic acids is 1. The summed E-state index contributed by atoms with van der Waals surface area (Å²) >= 11 is 0. The zero-order valence-electron chi connectivity index (χ0n) is 9.73. The molecule has 1 aromatic carbocycles. The van der Waals surface area contributed by atoms with Crippen molar-refractivity contribution in [3.8, 4) is 11.8 Å². The van der Waals surface area contributed by atoms with E-state index in [0.29, 0.717) is 0 Å². The lowest BCUT2D eigenvalue weighted by Crippen LogP contribution is -2.05. The molecule has 0 heterocycles. The third kappa shape index (κ3) is 5.55. The van der Waals surface area contributed by atoms with E-state index in [-0.39, 0.29) is 0 Å². The summed E-state index contributed by atoms with van der Waals surface area (Å²) in [5.41, 5.74) is 1.79. The van der Waals surface area contributed by atoms with Gasteiger partial charge in [-0.05, 0) is 30.8 Å². The topological polar surface area (TPSA) is 49.3 Å². The molecule has 17 heavy (non-hydrogen) atoms. The molecule has 0 aliphatic heterocycles. The highest BCUT2D eigenvalue weighted by atomic mass is 16.4. The number of benzene rings is 1. The fourth-order valence-electron chi connectivity index (χ4n) is 1.20. The molecule has 3 nitrogen and oxygen atoms in total. The minimum absolute atomic E-state index is 0.817. The van der Waals surface area contributed by atoms with Crippen molar-refractivity contribution in [1.82, 2.24) is 5.32 Å². The highest BCUT2D eigenvalue weighted by molar-refractivity contribution is 5.85. The van der Waals surface area contributed by atoms with Gasteiger partial charge in [0.25, 0.3) is 0 Å². The van der Waals surface area contributed by atoms with E-state index >= 15 is 0 Å². The Labute approximate surface area is 101 Å². The molecule has 2 N–H and O–H groups in total. The van der Waals surface area contributed by atoms with Crippen LogP contribution in [0, 0.1) is 11.8 Å². The number of nitrogens with one attached hydrogen (secondary N) is 1. The van der Waals surface area contributed by atoms with Crippen molar-refractivity contribution in [3.05, 3.63) is 41.5 Å². The Bertz CT molecular complexity index is 449. The quantitative estimate of drug-likeness (QED) is 0.470. The van der Waals surface area contributed by atoms with E-state index in [9.17, 15) is 4.79 Å². The van der Waals surface area contributed by atoms with Crippen molar-refractivity contribution in [1.29, 1.82) is 0 Å². The standard InChI is InChI=1S/C14H15NO2/c1-15-11-3-2-4-12-5-7-13(8-6-12)9-10-14(16)17/h5-10,15H,3,11H2,1H3,(H,16,17)/b10-9+. The van der Waals surface area contributed by atoms with Crippen molar-refractivity contribution >= 4 is 12.0 Å². The van der Waals surface area contributed by atoms with E-state index in [1.807, 2.05) is 31.3 Å². The molecule has 1 aromatic rings. The van der Waals surface area contributed by atoms with Crippen molar-refractivity contribution in [2.75, 3.05) is 13.6 Å². The summed E-state index contributed by atoms with van der Waals surface area (Å²) in [7, 11) is 1.89. The van der Waals surface area contributed by atoms with Gasteiger partial charge in [-0.1, -0.05) is 24.0 Å². The zero-order chi connectivity index (χ0) is 12.5. The maximum absolute atomic E-state index is 10.3. The molecule has 0 bridgehead atoms. The van der Waals surface area contributed by atoms with Crippen LogP contribution in [-0.2, 0) is 4.79 Å². The number of hydrogen-bond acceptors (Lipinski definition) is 2. The van der Waals surface area contributed by atoms with Gasteiger partial charge < -0.3 is 10.4 Å². The van der Waals surface area contributed by atoms with Gasteiger partial charge in [-0.2, -0.15) is 0 Å². The first-order valence-electron chi connectivity index (χ1n) is 5.37. The van der Waals surface area contributed by atoms with Crippen LogP contribution in [0.15, 0.2) is 30.3 Å². The van der Waals surface area contributed by atoms with Crippen LogP contribution < -0.4 is 5.32 Å². The van der Waals surface area contributed by atoms with E-state index in [4.69, 9.17) is 5.11 Å². The number of carboxylic acids is 1. The van der Waals surface area contributed by atoms with Gasteiger partial charge >= 0.3 is 5.97 Å². The summed E-state index contributed by atoms with van der Waals surface area (Å²) in [5, 5.41) is 11.5. The highest BCUT2D eigenvalue weighted by Crippen LogP contribution is 2.05. The Morgan fingerprint density at radius 3 is 2.71 bits per heavy atom. The normalized spacial score (nSPS) is 9.94. The van der Waals surface area contributed by atoms with Gasteiger partial charge in [0.15, 0.2) is 0 Å². The second kappa shape index (κ2) is 7.26. The minimum Gasteiger partial charge on any atom is -0.478 e. The Hall–Kier alpha value is -2.05. The fraction of sp³-hybridized carbons (Fsp3) is 0.214. The van der Waals surface area contributed by atoms with E-state index in [2.05, 4.69) is 17.2 Å². The zero-order valence-corrected chi connectivity index (χ0v) is 9.73. The molecule has 3 heteroatoms. The first-order chi connectivity index (χ1) is 8.22. The summed E-state index contributed by atoms with van der Waals surface area (Å²) in [6, 6.07) is 7.46. The molecule has 0 saturated heterocycles. The molecular weight excluding hydrogens is 214 g/mol. The average Bonchev–Trinajstić information content (AvgIpc) is 2.33. The van der Waals surface area contributed by atoms with Crippen LogP contribution >= 0.6 is 0 Å². The molecular formula is C14H15NO2. The average molecular weight is 229 g/mol. The minimum atomic E-state index is -0.944. The third-order valence-corrected chi connectivity index (χ3v) is 2.06. The molecule has 0 amide bonds. The van der Waals surface area contributed by atoms with E-state index in [1.165, 1.54) is 0 Å². The van der Waals surface area contributed by atoms with Gasteiger partial charge in [0.05, 0.1) is 0 Å². The fourth-order valence-corrected chi connectivity index (χ4v) is 1.20. The van der Waals surface area contributed by atoms with Crippen LogP contribution in [0.5, 0.6) is 0 Å². The summed E-state index contributed by atoms with van der Waals surface area (Å²) < 4.78 is 0. The Morgan fingerprint density at radius 2 is 2.12 bits per heavy atom. The molecule has 0 aromatic heterocycles. The number of carbonyl (C=O) groups is 1. The Kier molecular flexibility index (Phi) is 5.56. The molecule has 0 aliphatic rings. The first-order valence-corrected chi connectivity index (χ1v) is 5.37. The molecule has 1 rings (SSSR count). The molecule has 0 spiro atoms. The molecule has 0 aliphatic carbocycles. The van der Waals surface area contributed by atoms with Crippen molar-refractivity contribution in [3.63, 3.8) is 0 Å². The van der Waals surface area contributed by atoms with Crippen molar-refractivity contribution in [2.45, 2.75) is 6.42 Å². The molecule has 0 atom stereocenters. The molecule has 0 radical (unpaired) electrons. The first kappa shape index (κ1) is 13.0. The molecule has 0 saturated carbocycles. The summed E-state index contributed by atoms with van der Waals surface area (Å²) in [5.74, 6) is 5.15. The molecule has 0 fully saturated rings. The Balaban J connectivity index is 2.60.